The lowest BCUT2D eigenvalue weighted by Crippen LogP contribution is -2.24. The molecule has 3 atom stereocenters. The van der Waals surface area contributed by atoms with Gasteiger partial charge in [-0.3, -0.25) is 10.0 Å². The van der Waals surface area contributed by atoms with E-state index in [4.69, 9.17) is 15.1 Å². The molecule has 6 nitrogen and oxygen atoms in total. The predicted octanol–water partition coefficient (Wildman–Crippen LogP) is 1.24. The highest BCUT2D eigenvalue weighted by molar-refractivity contribution is 5.74. The third kappa shape index (κ3) is 6.56. The van der Waals surface area contributed by atoms with Crippen molar-refractivity contribution >= 4 is 5.91 Å². The molecular weight excluding hydrogens is 274 g/mol. The van der Waals surface area contributed by atoms with Crippen LogP contribution < -0.4 is 0 Å². The van der Waals surface area contributed by atoms with E-state index in [9.17, 15) is 9.90 Å². The van der Waals surface area contributed by atoms with Crippen molar-refractivity contribution < 1.29 is 25.0 Å². The van der Waals surface area contributed by atoms with Crippen molar-refractivity contribution in [3.05, 3.63) is 12.2 Å². The number of carbonyl (C=O) groups excluding carboxylic acids is 1. The molecule has 1 saturated heterocycles. The predicted molar refractivity (Wildman–Crippen MR) is 77.8 cm³/mol. The van der Waals surface area contributed by atoms with Crippen molar-refractivity contribution in [2.24, 2.45) is 0 Å². The summed E-state index contributed by atoms with van der Waals surface area (Å²) in [4.78, 5) is 11.2. The van der Waals surface area contributed by atoms with Gasteiger partial charge < -0.3 is 14.9 Å². The zero-order valence-corrected chi connectivity index (χ0v) is 12.7. The van der Waals surface area contributed by atoms with E-state index in [1.807, 2.05) is 0 Å². The van der Waals surface area contributed by atoms with Crippen LogP contribution in [0, 0.1) is 0 Å². The van der Waals surface area contributed by atoms with E-state index in [0.717, 1.165) is 24.8 Å². The molecule has 1 heterocycles. The highest BCUT2D eigenvalue weighted by Crippen LogP contribution is 2.30. The van der Waals surface area contributed by atoms with Crippen molar-refractivity contribution in [1.82, 2.24) is 5.06 Å². The summed E-state index contributed by atoms with van der Waals surface area (Å²) in [5.74, 6) is -0.403. The van der Waals surface area contributed by atoms with Gasteiger partial charge in [-0.25, -0.2) is 5.06 Å². The van der Waals surface area contributed by atoms with E-state index < -0.39 is 12.0 Å². The average Bonchev–Trinajstić information content (AvgIpc) is 2.80. The number of carbonyl (C=O) groups is 1. The standard InChI is InChI=1S/C15H27NO5/c1-11-10-13(4-3-9-17)21-14(11)7-5-12(18)6-8-15(19)16(2)20/h12-14,17-18,20H,1,3-10H2,2H3/t12-,13?,14?/m1/s1. The van der Waals surface area contributed by atoms with E-state index in [0.29, 0.717) is 24.3 Å². The van der Waals surface area contributed by atoms with Crippen LogP contribution in [0.15, 0.2) is 12.2 Å². The molecule has 1 fully saturated rings. The second kappa shape index (κ2) is 9.15. The fourth-order valence-electron chi connectivity index (χ4n) is 2.50. The Kier molecular flexibility index (Phi) is 7.88. The van der Waals surface area contributed by atoms with E-state index in [-0.39, 0.29) is 25.2 Å². The highest BCUT2D eigenvalue weighted by Gasteiger charge is 2.28. The molecule has 0 aromatic rings. The second-order valence-electron chi connectivity index (χ2n) is 5.66. The summed E-state index contributed by atoms with van der Waals surface area (Å²) in [7, 11) is 1.28. The quantitative estimate of drug-likeness (QED) is 0.339. The second-order valence-corrected chi connectivity index (χ2v) is 5.66. The number of hydrogen-bond acceptors (Lipinski definition) is 5. The lowest BCUT2D eigenvalue weighted by molar-refractivity contribution is -0.159. The van der Waals surface area contributed by atoms with Gasteiger partial charge in [-0.05, 0) is 44.1 Å². The zero-order valence-electron chi connectivity index (χ0n) is 12.7. The highest BCUT2D eigenvalue weighted by atomic mass is 16.5. The fourth-order valence-corrected chi connectivity index (χ4v) is 2.50. The van der Waals surface area contributed by atoms with Crippen LogP contribution in [0.4, 0.5) is 0 Å². The van der Waals surface area contributed by atoms with E-state index in [1.54, 1.807) is 0 Å². The molecule has 0 saturated carbocycles. The Morgan fingerprint density at radius 3 is 2.81 bits per heavy atom. The maximum atomic E-state index is 11.2. The number of aliphatic hydroxyl groups is 2. The Morgan fingerprint density at radius 2 is 2.19 bits per heavy atom. The molecule has 0 aromatic heterocycles. The number of aliphatic hydroxyl groups excluding tert-OH is 2. The Labute approximate surface area is 126 Å². The molecule has 0 radical (unpaired) electrons. The maximum Gasteiger partial charge on any atom is 0.245 e. The Bertz CT molecular complexity index is 345. The first-order valence-corrected chi connectivity index (χ1v) is 7.51. The van der Waals surface area contributed by atoms with Crippen molar-refractivity contribution in [3.63, 3.8) is 0 Å². The topological polar surface area (TPSA) is 90.2 Å². The molecule has 3 N–H and O–H groups in total. The lowest BCUT2D eigenvalue weighted by Gasteiger charge is -2.16. The van der Waals surface area contributed by atoms with Crippen molar-refractivity contribution in [1.29, 1.82) is 0 Å². The first-order valence-electron chi connectivity index (χ1n) is 7.51. The third-order valence-electron chi connectivity index (χ3n) is 3.80. The van der Waals surface area contributed by atoms with Gasteiger partial charge >= 0.3 is 0 Å². The minimum Gasteiger partial charge on any atom is -0.396 e. The first kappa shape index (κ1) is 18.1. The SMILES string of the molecule is C=C1CC(CCCO)OC1CC[C@@H](O)CCC(=O)N(C)O. The molecule has 21 heavy (non-hydrogen) atoms. The summed E-state index contributed by atoms with van der Waals surface area (Å²) in [6, 6.07) is 0. The molecule has 0 aliphatic carbocycles. The molecule has 6 heteroatoms. The van der Waals surface area contributed by atoms with Crippen LogP contribution in [0.5, 0.6) is 0 Å². The smallest absolute Gasteiger partial charge is 0.245 e. The summed E-state index contributed by atoms with van der Waals surface area (Å²) in [5, 5.41) is 28.1. The normalized spacial score (nSPS) is 23.3. The molecular formula is C15H27NO5. The van der Waals surface area contributed by atoms with Crippen LogP contribution in [-0.2, 0) is 9.53 Å². The van der Waals surface area contributed by atoms with Gasteiger partial charge in [0.25, 0.3) is 0 Å². The molecule has 0 aromatic carbocycles. The monoisotopic (exact) mass is 301 g/mol. The summed E-state index contributed by atoms with van der Waals surface area (Å²) < 4.78 is 5.85. The largest absolute Gasteiger partial charge is 0.396 e. The van der Waals surface area contributed by atoms with Crippen molar-refractivity contribution in [3.8, 4) is 0 Å². The molecule has 2 unspecified atom stereocenters. The summed E-state index contributed by atoms with van der Waals surface area (Å²) in [5.41, 5.74) is 1.04. The van der Waals surface area contributed by atoms with E-state index >= 15 is 0 Å². The average molecular weight is 301 g/mol. The minimum atomic E-state index is -0.582. The van der Waals surface area contributed by atoms with Crippen LogP contribution in [0.2, 0.25) is 0 Å². The number of amides is 1. The number of hydroxylamine groups is 2. The number of ether oxygens (including phenoxy) is 1. The van der Waals surface area contributed by atoms with Crippen molar-refractivity contribution in [2.75, 3.05) is 13.7 Å². The van der Waals surface area contributed by atoms with E-state index in [1.165, 1.54) is 7.05 Å². The van der Waals surface area contributed by atoms with Crippen molar-refractivity contribution in [2.45, 2.75) is 63.3 Å². The van der Waals surface area contributed by atoms with Crippen LogP contribution >= 0.6 is 0 Å². The Balaban J connectivity index is 2.22. The zero-order chi connectivity index (χ0) is 15.8. The number of rotatable bonds is 9. The molecule has 1 aliphatic rings. The van der Waals surface area contributed by atoms with Gasteiger partial charge in [0, 0.05) is 20.1 Å². The van der Waals surface area contributed by atoms with Gasteiger partial charge in [-0.15, -0.1) is 0 Å². The van der Waals surface area contributed by atoms with Gasteiger partial charge in [-0.1, -0.05) is 6.58 Å². The van der Waals surface area contributed by atoms with Crippen LogP contribution in [0.1, 0.15) is 44.9 Å². The van der Waals surface area contributed by atoms with Crippen LogP contribution in [0.3, 0.4) is 0 Å². The number of nitrogens with zero attached hydrogens (tertiary/aromatic N) is 1. The van der Waals surface area contributed by atoms with Gasteiger partial charge in [-0.2, -0.15) is 0 Å². The molecule has 0 bridgehead atoms. The molecule has 1 aliphatic heterocycles. The number of hydrogen-bond donors (Lipinski definition) is 3. The Morgan fingerprint density at radius 1 is 1.48 bits per heavy atom. The summed E-state index contributed by atoms with van der Waals surface area (Å²) in [6.07, 6.45) is 3.54. The van der Waals surface area contributed by atoms with Gasteiger partial charge in [0.15, 0.2) is 0 Å². The van der Waals surface area contributed by atoms with Gasteiger partial charge in [0.2, 0.25) is 5.91 Å². The first-order chi connectivity index (χ1) is 9.93. The van der Waals surface area contributed by atoms with E-state index in [2.05, 4.69) is 6.58 Å². The fraction of sp³-hybridized carbons (Fsp3) is 0.800. The van der Waals surface area contributed by atoms with Crippen LogP contribution in [0.25, 0.3) is 0 Å². The summed E-state index contributed by atoms with van der Waals surface area (Å²) in [6.45, 7) is 4.18. The van der Waals surface area contributed by atoms with Crippen LogP contribution in [-0.4, -0.2) is 58.4 Å². The van der Waals surface area contributed by atoms with Gasteiger partial charge in [0.05, 0.1) is 18.3 Å². The molecule has 1 amide bonds. The molecule has 1 rings (SSSR count). The Hall–Kier alpha value is -0.950. The van der Waals surface area contributed by atoms with Gasteiger partial charge in [0.1, 0.15) is 0 Å². The molecule has 0 spiro atoms. The third-order valence-corrected chi connectivity index (χ3v) is 3.80. The minimum absolute atomic E-state index is 0.0421. The molecule has 122 valence electrons. The lowest BCUT2D eigenvalue weighted by atomic mass is 10.0. The maximum absolute atomic E-state index is 11.2. The summed E-state index contributed by atoms with van der Waals surface area (Å²) >= 11 is 0.